The fraction of sp³-hybridized carbons (Fsp3) is 0.278. The minimum Gasteiger partial charge on any atom is -0.474 e. The van der Waals surface area contributed by atoms with Gasteiger partial charge in [0.05, 0.1) is 30.4 Å². The minimum atomic E-state index is -0.282. The molecular formula is C18H17N3O3. The molecule has 0 aliphatic carbocycles. The zero-order chi connectivity index (χ0) is 16.8. The van der Waals surface area contributed by atoms with E-state index in [-0.39, 0.29) is 12.0 Å². The third-order valence-electron chi connectivity index (χ3n) is 3.70. The van der Waals surface area contributed by atoms with Gasteiger partial charge in [-0.1, -0.05) is 6.07 Å². The Morgan fingerprint density at radius 3 is 2.83 bits per heavy atom. The Labute approximate surface area is 140 Å². The van der Waals surface area contributed by atoms with E-state index < -0.39 is 0 Å². The Morgan fingerprint density at radius 1 is 1.29 bits per heavy atom. The Bertz CT molecular complexity index is 747. The average molecular weight is 323 g/mol. The number of anilines is 1. The summed E-state index contributed by atoms with van der Waals surface area (Å²) >= 11 is 0. The number of pyridine rings is 1. The number of carbonyl (C=O) groups excluding carboxylic acids is 1. The number of hydrogen-bond donors (Lipinski definition) is 1. The number of benzene rings is 1. The highest BCUT2D eigenvalue weighted by Crippen LogP contribution is 2.17. The molecule has 1 fully saturated rings. The fourth-order valence-corrected chi connectivity index (χ4v) is 2.42. The van der Waals surface area contributed by atoms with Crippen molar-refractivity contribution in [1.82, 2.24) is 4.98 Å². The lowest BCUT2D eigenvalue weighted by atomic mass is 10.1. The van der Waals surface area contributed by atoms with Crippen molar-refractivity contribution >= 4 is 11.6 Å². The highest BCUT2D eigenvalue weighted by molar-refractivity contribution is 6.04. The van der Waals surface area contributed by atoms with Crippen LogP contribution < -0.4 is 10.1 Å². The number of amides is 1. The number of hydrogen-bond acceptors (Lipinski definition) is 5. The smallest absolute Gasteiger partial charge is 0.257 e. The first kappa shape index (κ1) is 16.0. The van der Waals surface area contributed by atoms with Crippen LogP contribution in [0, 0.1) is 11.3 Å². The second-order valence-electron chi connectivity index (χ2n) is 5.46. The molecule has 0 radical (unpaired) electrons. The standard InChI is InChI=1S/C18H17N3O3/c19-11-13-2-1-3-15(10-13)21-18(22)14-4-5-17(20-12-14)24-16-6-8-23-9-7-16/h1-5,10,12,16H,6-9H2,(H,21,22). The van der Waals surface area contributed by atoms with Gasteiger partial charge in [0.1, 0.15) is 6.10 Å². The predicted molar refractivity (Wildman–Crippen MR) is 87.8 cm³/mol. The molecule has 6 nitrogen and oxygen atoms in total. The van der Waals surface area contributed by atoms with E-state index in [2.05, 4.69) is 10.3 Å². The normalized spacial score (nSPS) is 14.6. The van der Waals surface area contributed by atoms with Crippen LogP contribution in [0.3, 0.4) is 0 Å². The molecule has 0 bridgehead atoms. The zero-order valence-electron chi connectivity index (χ0n) is 13.1. The summed E-state index contributed by atoms with van der Waals surface area (Å²) in [6.45, 7) is 1.40. The van der Waals surface area contributed by atoms with Crippen molar-refractivity contribution in [3.63, 3.8) is 0 Å². The summed E-state index contributed by atoms with van der Waals surface area (Å²) in [6.07, 6.45) is 3.29. The fourth-order valence-electron chi connectivity index (χ4n) is 2.42. The lowest BCUT2D eigenvalue weighted by Gasteiger charge is -2.22. The summed E-state index contributed by atoms with van der Waals surface area (Å²) in [7, 11) is 0. The van der Waals surface area contributed by atoms with Crippen molar-refractivity contribution in [2.75, 3.05) is 18.5 Å². The molecule has 3 rings (SSSR count). The second kappa shape index (κ2) is 7.57. The minimum absolute atomic E-state index is 0.111. The highest BCUT2D eigenvalue weighted by atomic mass is 16.5. The predicted octanol–water partition coefficient (Wildman–Crippen LogP) is 2.76. The first-order valence-corrected chi connectivity index (χ1v) is 7.76. The largest absolute Gasteiger partial charge is 0.474 e. The maximum atomic E-state index is 12.2. The van der Waals surface area contributed by atoms with Crippen LogP contribution in [0.15, 0.2) is 42.6 Å². The van der Waals surface area contributed by atoms with Gasteiger partial charge in [0.15, 0.2) is 0 Å². The van der Waals surface area contributed by atoms with Gasteiger partial charge < -0.3 is 14.8 Å². The molecule has 1 aliphatic heterocycles. The van der Waals surface area contributed by atoms with E-state index in [1.54, 1.807) is 36.4 Å². The van der Waals surface area contributed by atoms with E-state index in [1.165, 1.54) is 6.20 Å². The van der Waals surface area contributed by atoms with Gasteiger partial charge >= 0.3 is 0 Å². The lowest BCUT2D eigenvalue weighted by molar-refractivity contribution is 0.0237. The number of nitrogens with one attached hydrogen (secondary N) is 1. The number of nitrogens with zero attached hydrogens (tertiary/aromatic N) is 2. The first-order valence-electron chi connectivity index (χ1n) is 7.76. The van der Waals surface area contributed by atoms with Crippen molar-refractivity contribution in [3.05, 3.63) is 53.7 Å². The van der Waals surface area contributed by atoms with E-state index >= 15 is 0 Å². The van der Waals surface area contributed by atoms with Crippen LogP contribution in [-0.2, 0) is 4.74 Å². The number of ether oxygens (including phenoxy) is 2. The Morgan fingerprint density at radius 2 is 2.12 bits per heavy atom. The van der Waals surface area contributed by atoms with Crippen molar-refractivity contribution in [3.8, 4) is 11.9 Å². The molecule has 2 aromatic rings. The molecule has 1 aliphatic rings. The van der Waals surface area contributed by atoms with Crippen LogP contribution in [-0.4, -0.2) is 30.2 Å². The zero-order valence-corrected chi connectivity index (χ0v) is 13.1. The molecule has 0 unspecified atom stereocenters. The number of carbonyl (C=O) groups is 1. The average Bonchev–Trinajstić information content (AvgIpc) is 2.63. The highest BCUT2D eigenvalue weighted by Gasteiger charge is 2.16. The van der Waals surface area contributed by atoms with E-state index in [0.717, 1.165) is 12.8 Å². The third kappa shape index (κ3) is 4.09. The summed E-state index contributed by atoms with van der Waals surface area (Å²) in [5.74, 6) is 0.222. The van der Waals surface area contributed by atoms with Crippen LogP contribution in [0.25, 0.3) is 0 Å². The molecule has 1 aromatic carbocycles. The molecule has 1 N–H and O–H groups in total. The Kier molecular flexibility index (Phi) is 5.04. The quantitative estimate of drug-likeness (QED) is 0.935. The van der Waals surface area contributed by atoms with Gasteiger partial charge in [0.25, 0.3) is 5.91 Å². The molecule has 1 saturated heterocycles. The van der Waals surface area contributed by atoms with Gasteiger partial charge in [0.2, 0.25) is 5.88 Å². The van der Waals surface area contributed by atoms with Gasteiger partial charge in [-0.3, -0.25) is 4.79 Å². The van der Waals surface area contributed by atoms with E-state index in [1.807, 2.05) is 6.07 Å². The number of aromatic nitrogens is 1. The SMILES string of the molecule is N#Cc1cccc(NC(=O)c2ccc(OC3CCOCC3)nc2)c1. The molecule has 24 heavy (non-hydrogen) atoms. The molecule has 6 heteroatoms. The van der Waals surface area contributed by atoms with Crippen LogP contribution in [0.2, 0.25) is 0 Å². The van der Waals surface area contributed by atoms with E-state index in [9.17, 15) is 4.79 Å². The second-order valence-corrected chi connectivity index (χ2v) is 5.46. The van der Waals surface area contributed by atoms with Gasteiger partial charge in [0, 0.05) is 30.8 Å². The third-order valence-corrected chi connectivity index (χ3v) is 3.70. The van der Waals surface area contributed by atoms with Crippen molar-refractivity contribution < 1.29 is 14.3 Å². The van der Waals surface area contributed by atoms with Crippen LogP contribution in [0.1, 0.15) is 28.8 Å². The first-order chi connectivity index (χ1) is 11.7. The van der Waals surface area contributed by atoms with Gasteiger partial charge in [-0.25, -0.2) is 4.98 Å². The topological polar surface area (TPSA) is 84.2 Å². The number of nitriles is 1. The van der Waals surface area contributed by atoms with Crippen molar-refractivity contribution in [1.29, 1.82) is 5.26 Å². The molecule has 2 heterocycles. The lowest BCUT2D eigenvalue weighted by Crippen LogP contribution is -2.26. The molecular weight excluding hydrogens is 306 g/mol. The van der Waals surface area contributed by atoms with E-state index in [0.29, 0.717) is 35.9 Å². The number of rotatable bonds is 4. The van der Waals surface area contributed by atoms with Crippen LogP contribution >= 0.6 is 0 Å². The van der Waals surface area contributed by atoms with Gasteiger partial charge in [-0.05, 0) is 24.3 Å². The van der Waals surface area contributed by atoms with Crippen LogP contribution in [0.5, 0.6) is 5.88 Å². The maximum Gasteiger partial charge on any atom is 0.257 e. The van der Waals surface area contributed by atoms with Gasteiger partial charge in [-0.2, -0.15) is 5.26 Å². The summed E-state index contributed by atoms with van der Waals surface area (Å²) < 4.78 is 11.1. The molecule has 1 aromatic heterocycles. The van der Waals surface area contributed by atoms with Crippen molar-refractivity contribution in [2.45, 2.75) is 18.9 Å². The Hall–Kier alpha value is -2.91. The summed E-state index contributed by atoms with van der Waals surface area (Å²) in [5, 5.41) is 11.6. The molecule has 1 amide bonds. The molecule has 0 spiro atoms. The van der Waals surface area contributed by atoms with E-state index in [4.69, 9.17) is 14.7 Å². The van der Waals surface area contributed by atoms with Crippen LogP contribution in [0.4, 0.5) is 5.69 Å². The Balaban J connectivity index is 1.62. The van der Waals surface area contributed by atoms with Crippen molar-refractivity contribution in [2.24, 2.45) is 0 Å². The summed E-state index contributed by atoms with van der Waals surface area (Å²) in [6, 6.07) is 12.1. The maximum absolute atomic E-state index is 12.2. The molecule has 122 valence electrons. The molecule has 0 saturated carbocycles. The van der Waals surface area contributed by atoms with Gasteiger partial charge in [-0.15, -0.1) is 0 Å². The summed E-state index contributed by atoms with van der Waals surface area (Å²) in [4.78, 5) is 16.4. The monoisotopic (exact) mass is 323 g/mol. The molecule has 0 atom stereocenters. The summed E-state index contributed by atoms with van der Waals surface area (Å²) in [5.41, 5.74) is 1.49.